The number of ether oxygens (including phenoxy) is 2. The van der Waals surface area contributed by atoms with Crippen LogP contribution < -0.4 is 14.8 Å². The summed E-state index contributed by atoms with van der Waals surface area (Å²) in [5, 5.41) is 3.18. The lowest BCUT2D eigenvalue weighted by atomic mass is 10.0. The average Bonchev–Trinajstić information content (AvgIpc) is 3.08. The zero-order chi connectivity index (χ0) is 23.2. The number of hydrogen-bond donors (Lipinski definition) is 1. The van der Waals surface area contributed by atoms with Crippen molar-refractivity contribution in [3.63, 3.8) is 0 Å². The molecule has 0 aliphatic carbocycles. The molecule has 0 saturated carbocycles. The second-order valence-electron chi connectivity index (χ2n) is 7.56. The van der Waals surface area contributed by atoms with Crippen LogP contribution in [0.2, 0.25) is 0 Å². The maximum absolute atomic E-state index is 13.4. The van der Waals surface area contributed by atoms with E-state index in [1.54, 1.807) is 31.4 Å². The molecule has 1 aliphatic heterocycles. The van der Waals surface area contributed by atoms with Gasteiger partial charge >= 0.3 is 0 Å². The van der Waals surface area contributed by atoms with Gasteiger partial charge in [-0.05, 0) is 60.9 Å². The predicted octanol–water partition coefficient (Wildman–Crippen LogP) is 4.53. The molecule has 4 rings (SSSR count). The molecule has 0 radical (unpaired) electrons. The van der Waals surface area contributed by atoms with Gasteiger partial charge in [0, 0.05) is 12.2 Å². The normalized spacial score (nSPS) is 13.5. The lowest BCUT2D eigenvalue weighted by Gasteiger charge is -2.15. The summed E-state index contributed by atoms with van der Waals surface area (Å²) in [6.07, 6.45) is 0.588. The number of anilines is 1. The third kappa shape index (κ3) is 4.90. The van der Waals surface area contributed by atoms with Crippen molar-refractivity contribution in [2.45, 2.75) is 13.3 Å². The molecule has 1 heterocycles. The van der Waals surface area contributed by atoms with Gasteiger partial charge in [0.1, 0.15) is 17.2 Å². The van der Waals surface area contributed by atoms with Crippen molar-refractivity contribution >= 4 is 23.1 Å². The topological polar surface area (TPSA) is 67.9 Å². The second-order valence-corrected chi connectivity index (χ2v) is 7.56. The van der Waals surface area contributed by atoms with Gasteiger partial charge in [0.15, 0.2) is 0 Å². The highest BCUT2D eigenvalue weighted by Crippen LogP contribution is 2.32. The highest BCUT2D eigenvalue weighted by molar-refractivity contribution is 6.36. The second kappa shape index (κ2) is 10.0. The molecule has 3 aromatic carbocycles. The molecular formula is C27H26N2O4. The quantitative estimate of drug-likeness (QED) is 0.493. The van der Waals surface area contributed by atoms with Crippen LogP contribution >= 0.6 is 0 Å². The van der Waals surface area contributed by atoms with Gasteiger partial charge in [-0.15, -0.1) is 0 Å². The largest absolute Gasteiger partial charge is 0.497 e. The number of nitrogens with zero attached hydrogens (tertiary/aromatic N) is 1. The fourth-order valence-electron chi connectivity index (χ4n) is 3.75. The van der Waals surface area contributed by atoms with E-state index in [-0.39, 0.29) is 17.5 Å². The van der Waals surface area contributed by atoms with Gasteiger partial charge in [0.25, 0.3) is 11.8 Å². The van der Waals surface area contributed by atoms with Gasteiger partial charge in [-0.2, -0.15) is 0 Å². The molecule has 0 aromatic heterocycles. The van der Waals surface area contributed by atoms with E-state index < -0.39 is 0 Å². The summed E-state index contributed by atoms with van der Waals surface area (Å²) < 4.78 is 10.7. The maximum Gasteiger partial charge on any atom is 0.278 e. The molecule has 2 amide bonds. The Balaban J connectivity index is 1.64. The van der Waals surface area contributed by atoms with Crippen LogP contribution in [0.5, 0.6) is 11.5 Å². The van der Waals surface area contributed by atoms with E-state index in [0.29, 0.717) is 42.1 Å². The van der Waals surface area contributed by atoms with Crippen LogP contribution in [0.1, 0.15) is 18.1 Å². The number of benzene rings is 3. The van der Waals surface area contributed by atoms with Gasteiger partial charge in [-0.25, -0.2) is 0 Å². The number of rotatable bonds is 9. The van der Waals surface area contributed by atoms with E-state index >= 15 is 0 Å². The molecule has 0 unspecified atom stereocenters. The van der Waals surface area contributed by atoms with Crippen LogP contribution in [-0.2, 0) is 16.0 Å². The van der Waals surface area contributed by atoms with Crippen molar-refractivity contribution in [3.8, 4) is 11.5 Å². The average molecular weight is 443 g/mol. The van der Waals surface area contributed by atoms with Crippen LogP contribution in [-0.4, -0.2) is 37.0 Å². The van der Waals surface area contributed by atoms with Crippen molar-refractivity contribution in [1.29, 1.82) is 0 Å². The van der Waals surface area contributed by atoms with Crippen molar-refractivity contribution < 1.29 is 19.1 Å². The van der Waals surface area contributed by atoms with Crippen LogP contribution in [0.25, 0.3) is 5.57 Å². The van der Waals surface area contributed by atoms with Gasteiger partial charge < -0.3 is 14.8 Å². The van der Waals surface area contributed by atoms with Crippen LogP contribution in [0.3, 0.4) is 0 Å². The summed E-state index contributed by atoms with van der Waals surface area (Å²) in [5.41, 5.74) is 3.04. The Hall–Kier alpha value is -4.06. The lowest BCUT2D eigenvalue weighted by Crippen LogP contribution is -2.34. The van der Waals surface area contributed by atoms with Crippen LogP contribution in [0, 0.1) is 0 Å². The Bertz CT molecular complexity index is 1150. The SMILES string of the molecule is CCOc1ccc(NC2=C(c3ccc(OC)cc3)C(=O)N(CCc3ccccc3)C2=O)cc1. The van der Waals surface area contributed by atoms with Gasteiger partial charge in [0.05, 0.1) is 19.3 Å². The minimum absolute atomic E-state index is 0.266. The highest BCUT2D eigenvalue weighted by atomic mass is 16.5. The summed E-state index contributed by atoms with van der Waals surface area (Å²) >= 11 is 0. The monoisotopic (exact) mass is 442 g/mol. The fraction of sp³-hybridized carbons (Fsp3) is 0.185. The molecule has 3 aromatic rings. The maximum atomic E-state index is 13.4. The van der Waals surface area contributed by atoms with Crippen molar-refractivity contribution in [1.82, 2.24) is 4.90 Å². The summed E-state index contributed by atoms with van der Waals surface area (Å²) in [5.74, 6) is 0.772. The molecule has 33 heavy (non-hydrogen) atoms. The molecule has 0 fully saturated rings. The summed E-state index contributed by atoms with van der Waals surface area (Å²) in [4.78, 5) is 28.1. The molecular weight excluding hydrogens is 416 g/mol. The number of imide groups is 1. The Morgan fingerprint density at radius 3 is 2.12 bits per heavy atom. The van der Waals surface area contributed by atoms with E-state index in [2.05, 4.69) is 5.32 Å². The number of amides is 2. The fourth-order valence-corrected chi connectivity index (χ4v) is 3.75. The van der Waals surface area contributed by atoms with E-state index in [9.17, 15) is 9.59 Å². The van der Waals surface area contributed by atoms with Crippen molar-refractivity contribution in [3.05, 3.63) is 95.7 Å². The third-order valence-corrected chi connectivity index (χ3v) is 5.45. The Labute approximate surface area is 193 Å². The molecule has 0 spiro atoms. The van der Waals surface area contributed by atoms with E-state index in [1.165, 1.54) is 4.90 Å². The smallest absolute Gasteiger partial charge is 0.278 e. The number of carbonyl (C=O) groups is 2. The van der Waals surface area contributed by atoms with E-state index in [1.807, 2.05) is 61.5 Å². The molecule has 6 nitrogen and oxygen atoms in total. The first kappa shape index (κ1) is 22.1. The molecule has 1 aliphatic rings. The molecule has 0 saturated heterocycles. The van der Waals surface area contributed by atoms with Gasteiger partial charge in [0.2, 0.25) is 0 Å². The molecule has 6 heteroatoms. The van der Waals surface area contributed by atoms with Crippen LogP contribution in [0.4, 0.5) is 5.69 Å². The van der Waals surface area contributed by atoms with Crippen LogP contribution in [0.15, 0.2) is 84.6 Å². The number of hydrogen-bond acceptors (Lipinski definition) is 5. The zero-order valence-corrected chi connectivity index (χ0v) is 18.7. The summed E-state index contributed by atoms with van der Waals surface area (Å²) in [6, 6.07) is 24.3. The van der Waals surface area contributed by atoms with Gasteiger partial charge in [-0.3, -0.25) is 14.5 Å². The van der Waals surface area contributed by atoms with Crippen molar-refractivity contribution in [2.24, 2.45) is 0 Å². The summed E-state index contributed by atoms with van der Waals surface area (Å²) in [6.45, 7) is 2.80. The van der Waals surface area contributed by atoms with Crippen molar-refractivity contribution in [2.75, 3.05) is 25.6 Å². The Morgan fingerprint density at radius 1 is 0.818 bits per heavy atom. The molecule has 0 atom stereocenters. The first-order valence-corrected chi connectivity index (χ1v) is 10.9. The minimum Gasteiger partial charge on any atom is -0.497 e. The Kier molecular flexibility index (Phi) is 6.74. The minimum atomic E-state index is -0.337. The first-order valence-electron chi connectivity index (χ1n) is 10.9. The molecule has 0 bridgehead atoms. The highest BCUT2D eigenvalue weighted by Gasteiger charge is 2.38. The standard InChI is InChI=1S/C27H26N2O4/c1-3-33-23-15-11-21(12-16-23)28-25-24(20-9-13-22(32-2)14-10-20)26(30)29(27(25)31)18-17-19-7-5-4-6-8-19/h4-16,28H,3,17-18H2,1-2H3. The van der Waals surface area contributed by atoms with E-state index in [0.717, 1.165) is 11.3 Å². The first-order chi connectivity index (χ1) is 16.1. The number of nitrogens with one attached hydrogen (secondary N) is 1. The lowest BCUT2D eigenvalue weighted by molar-refractivity contribution is -0.136. The molecule has 1 N–H and O–H groups in total. The van der Waals surface area contributed by atoms with E-state index in [4.69, 9.17) is 9.47 Å². The zero-order valence-electron chi connectivity index (χ0n) is 18.7. The molecule has 168 valence electrons. The number of carbonyl (C=O) groups excluding carboxylic acids is 2. The third-order valence-electron chi connectivity index (χ3n) is 5.45. The number of methoxy groups -OCH3 is 1. The summed E-state index contributed by atoms with van der Waals surface area (Å²) in [7, 11) is 1.59. The van der Waals surface area contributed by atoms with Gasteiger partial charge in [-0.1, -0.05) is 42.5 Å². The predicted molar refractivity (Wildman–Crippen MR) is 128 cm³/mol. The Morgan fingerprint density at radius 2 is 1.48 bits per heavy atom.